The lowest BCUT2D eigenvalue weighted by Crippen LogP contribution is -2.11. The molecule has 142 valence electrons. The highest BCUT2D eigenvalue weighted by atomic mass is 15.1. The smallest absolute Gasteiger partial charge is 0.159 e. The van der Waals surface area contributed by atoms with E-state index in [1.807, 2.05) is 42.0 Å². The first-order chi connectivity index (χ1) is 13.7. The number of anilines is 4. The molecular weight excluding hydrogens is 352 g/mol. The molecule has 3 aromatic heterocycles. The highest BCUT2D eigenvalue weighted by Crippen LogP contribution is 2.29. The predicted molar refractivity (Wildman–Crippen MR) is 112 cm³/mol. The summed E-state index contributed by atoms with van der Waals surface area (Å²) in [4.78, 5) is 17.3. The van der Waals surface area contributed by atoms with Crippen molar-refractivity contribution in [2.24, 2.45) is 0 Å². The van der Waals surface area contributed by atoms with Gasteiger partial charge in [0, 0.05) is 36.6 Å². The lowest BCUT2D eigenvalue weighted by Gasteiger charge is -2.14. The number of hydrogen-bond acceptors (Lipinski definition) is 7. The van der Waals surface area contributed by atoms with Crippen LogP contribution in [0.15, 0.2) is 55.4 Å². The van der Waals surface area contributed by atoms with Gasteiger partial charge in [0.2, 0.25) is 0 Å². The van der Waals surface area contributed by atoms with Crippen molar-refractivity contribution in [3.8, 4) is 0 Å². The number of fused-ring (bicyclic) bond motifs is 1. The average Bonchev–Trinajstić information content (AvgIpc) is 3.22. The van der Waals surface area contributed by atoms with E-state index in [1.165, 1.54) is 6.33 Å². The third-order valence-electron chi connectivity index (χ3n) is 4.44. The minimum atomic E-state index is 0.481. The first kappa shape index (κ1) is 17.7. The van der Waals surface area contributed by atoms with Gasteiger partial charge in [-0.2, -0.15) is 0 Å². The maximum absolute atomic E-state index is 6.30. The van der Waals surface area contributed by atoms with Crippen LogP contribution in [0.3, 0.4) is 0 Å². The Morgan fingerprint density at radius 2 is 2.00 bits per heavy atom. The van der Waals surface area contributed by atoms with Crippen LogP contribution in [0.1, 0.15) is 12.1 Å². The number of benzene rings is 1. The monoisotopic (exact) mass is 374 g/mol. The fourth-order valence-corrected chi connectivity index (χ4v) is 3.00. The van der Waals surface area contributed by atoms with E-state index in [2.05, 4.69) is 36.6 Å². The van der Waals surface area contributed by atoms with Gasteiger partial charge in [0.05, 0.1) is 17.5 Å². The number of hydrogen-bond donors (Lipinski definition) is 3. The zero-order valence-corrected chi connectivity index (χ0v) is 15.6. The third kappa shape index (κ3) is 3.85. The van der Waals surface area contributed by atoms with Crippen molar-refractivity contribution in [3.05, 3.63) is 61.1 Å². The van der Waals surface area contributed by atoms with Crippen LogP contribution in [0, 0.1) is 6.92 Å². The van der Waals surface area contributed by atoms with Gasteiger partial charge in [0.15, 0.2) is 11.6 Å². The van der Waals surface area contributed by atoms with Crippen LogP contribution in [0.4, 0.5) is 23.0 Å². The van der Waals surface area contributed by atoms with Crippen LogP contribution in [-0.4, -0.2) is 31.0 Å². The van der Waals surface area contributed by atoms with Crippen molar-refractivity contribution in [3.63, 3.8) is 0 Å². The maximum atomic E-state index is 6.30. The zero-order valence-electron chi connectivity index (χ0n) is 15.6. The van der Waals surface area contributed by atoms with Gasteiger partial charge in [-0.3, -0.25) is 4.98 Å². The Morgan fingerprint density at radius 1 is 1.11 bits per heavy atom. The first-order valence-corrected chi connectivity index (χ1v) is 9.14. The highest BCUT2D eigenvalue weighted by molar-refractivity contribution is 5.93. The third-order valence-corrected chi connectivity index (χ3v) is 4.44. The summed E-state index contributed by atoms with van der Waals surface area (Å²) in [5, 5.41) is 7.64. The summed E-state index contributed by atoms with van der Waals surface area (Å²) < 4.78 is 2.04. The molecule has 0 aliphatic carbocycles. The average molecular weight is 374 g/mol. The molecule has 4 rings (SSSR count). The molecule has 0 aliphatic heterocycles. The number of imidazole rings is 1. The molecule has 0 fully saturated rings. The number of nitrogens with zero attached hydrogens (tertiary/aromatic N) is 5. The number of aryl methyl sites for hydroxylation is 2. The van der Waals surface area contributed by atoms with Gasteiger partial charge in [-0.1, -0.05) is 18.2 Å². The van der Waals surface area contributed by atoms with Crippen LogP contribution in [-0.2, 0) is 6.54 Å². The fourth-order valence-electron chi connectivity index (χ4n) is 3.00. The molecule has 4 N–H and O–H groups in total. The number of nitrogens with two attached hydrogens (primary N) is 1. The number of aromatic nitrogens is 5. The molecule has 0 aliphatic rings. The van der Waals surface area contributed by atoms with Crippen molar-refractivity contribution < 1.29 is 0 Å². The molecule has 0 bridgehead atoms. The Labute approximate surface area is 162 Å². The molecule has 8 heteroatoms. The molecule has 0 spiro atoms. The molecule has 0 atom stereocenters. The Bertz CT molecular complexity index is 1070. The number of nitrogens with one attached hydrogen (secondary N) is 2. The summed E-state index contributed by atoms with van der Waals surface area (Å²) in [5.41, 5.74) is 9.48. The minimum absolute atomic E-state index is 0.481. The Balaban J connectivity index is 1.48. The van der Waals surface area contributed by atoms with Crippen molar-refractivity contribution in [2.75, 3.05) is 22.9 Å². The summed E-state index contributed by atoms with van der Waals surface area (Å²) in [6.45, 7) is 3.60. The van der Waals surface area contributed by atoms with E-state index in [0.29, 0.717) is 17.3 Å². The number of pyridine rings is 1. The summed E-state index contributed by atoms with van der Waals surface area (Å²) in [6.07, 6.45) is 7.95. The molecule has 8 nitrogen and oxygen atoms in total. The van der Waals surface area contributed by atoms with E-state index in [4.69, 9.17) is 5.73 Å². The van der Waals surface area contributed by atoms with Crippen molar-refractivity contribution in [1.29, 1.82) is 0 Å². The van der Waals surface area contributed by atoms with Crippen molar-refractivity contribution in [1.82, 2.24) is 24.5 Å². The summed E-state index contributed by atoms with van der Waals surface area (Å²) >= 11 is 0. The van der Waals surface area contributed by atoms with Gasteiger partial charge in [-0.05, 0) is 25.5 Å². The lowest BCUT2D eigenvalue weighted by atomic mass is 10.1. The van der Waals surface area contributed by atoms with E-state index < -0.39 is 0 Å². The van der Waals surface area contributed by atoms with Gasteiger partial charge in [0.25, 0.3) is 0 Å². The van der Waals surface area contributed by atoms with Crippen LogP contribution < -0.4 is 16.4 Å². The summed E-state index contributed by atoms with van der Waals surface area (Å²) in [7, 11) is 0. The number of para-hydroxylation sites is 1. The molecule has 1 aromatic carbocycles. The second kappa shape index (κ2) is 7.91. The first-order valence-electron chi connectivity index (χ1n) is 9.14. The van der Waals surface area contributed by atoms with Crippen LogP contribution in [0.5, 0.6) is 0 Å². The fraction of sp³-hybridized carbons (Fsp3) is 0.200. The molecular formula is C20H22N8. The Hall–Kier alpha value is -3.68. The number of rotatable bonds is 7. The number of nitrogen functional groups attached to an aromatic ring is 1. The quantitative estimate of drug-likeness (QED) is 0.426. The lowest BCUT2D eigenvalue weighted by molar-refractivity contribution is 0.660. The van der Waals surface area contributed by atoms with Gasteiger partial charge in [-0.25, -0.2) is 15.0 Å². The molecule has 0 radical (unpaired) electrons. The van der Waals surface area contributed by atoms with E-state index in [0.717, 1.165) is 41.8 Å². The standard InChI is InChI=1S/C20H22N8/c1-14-6-7-15-4-2-5-16(18(15)26-14)27-20-17(21)19(24-12-25-20)23-8-3-10-28-11-9-22-13-28/h2,4-7,9,11-13H,3,8,10,21H2,1H3,(H2,23,24,25,27). The molecule has 0 saturated carbocycles. The van der Waals surface area contributed by atoms with E-state index in [-0.39, 0.29) is 0 Å². The molecule has 0 amide bonds. The summed E-state index contributed by atoms with van der Waals surface area (Å²) in [5.74, 6) is 1.18. The Morgan fingerprint density at radius 3 is 2.86 bits per heavy atom. The van der Waals surface area contributed by atoms with E-state index >= 15 is 0 Å². The maximum Gasteiger partial charge on any atom is 0.159 e. The van der Waals surface area contributed by atoms with Crippen LogP contribution in [0.2, 0.25) is 0 Å². The zero-order chi connectivity index (χ0) is 19.3. The van der Waals surface area contributed by atoms with E-state index in [9.17, 15) is 0 Å². The highest BCUT2D eigenvalue weighted by Gasteiger charge is 2.10. The van der Waals surface area contributed by atoms with Gasteiger partial charge in [0.1, 0.15) is 12.0 Å². The van der Waals surface area contributed by atoms with Gasteiger partial charge in [-0.15, -0.1) is 0 Å². The largest absolute Gasteiger partial charge is 0.393 e. The van der Waals surface area contributed by atoms with Crippen LogP contribution in [0.25, 0.3) is 10.9 Å². The SMILES string of the molecule is Cc1ccc2cccc(Nc3ncnc(NCCCn4ccnc4)c3N)c2n1. The Kier molecular flexibility index (Phi) is 5.01. The van der Waals surface area contributed by atoms with Crippen LogP contribution >= 0.6 is 0 Å². The molecule has 0 saturated heterocycles. The molecule has 28 heavy (non-hydrogen) atoms. The second-order valence-electron chi connectivity index (χ2n) is 6.52. The second-order valence-corrected chi connectivity index (χ2v) is 6.52. The van der Waals surface area contributed by atoms with Crippen molar-refractivity contribution >= 4 is 33.9 Å². The normalized spacial score (nSPS) is 10.9. The molecule has 0 unspecified atom stereocenters. The van der Waals surface area contributed by atoms with E-state index in [1.54, 1.807) is 12.5 Å². The summed E-state index contributed by atoms with van der Waals surface area (Å²) in [6, 6.07) is 10.0. The molecule has 3 heterocycles. The predicted octanol–water partition coefficient (Wildman–Crippen LogP) is 3.36. The topological polar surface area (TPSA) is 107 Å². The van der Waals surface area contributed by atoms with Crippen molar-refractivity contribution in [2.45, 2.75) is 19.9 Å². The van der Waals surface area contributed by atoms with Gasteiger partial charge >= 0.3 is 0 Å². The minimum Gasteiger partial charge on any atom is -0.393 e. The van der Waals surface area contributed by atoms with Gasteiger partial charge < -0.3 is 20.9 Å². The molecule has 4 aromatic rings.